The molecule has 1 heterocycles. The van der Waals surface area contributed by atoms with Crippen LogP contribution < -0.4 is 4.72 Å². The Morgan fingerprint density at radius 2 is 2.24 bits per heavy atom. The van der Waals surface area contributed by atoms with Gasteiger partial charge >= 0.3 is 5.97 Å². The van der Waals surface area contributed by atoms with Crippen LogP contribution in [-0.2, 0) is 10.0 Å². The summed E-state index contributed by atoms with van der Waals surface area (Å²) in [6.45, 7) is 1.83. The average molecular weight is 275 g/mol. The molecule has 17 heavy (non-hydrogen) atoms. The van der Waals surface area contributed by atoms with Gasteiger partial charge in [-0.05, 0) is 31.7 Å². The maximum Gasteiger partial charge on any atom is 0.345 e. The minimum absolute atomic E-state index is 0.0319. The molecule has 0 amide bonds. The van der Waals surface area contributed by atoms with Crippen molar-refractivity contribution in [2.24, 2.45) is 5.92 Å². The molecule has 0 aromatic carbocycles. The first-order valence-electron chi connectivity index (χ1n) is 5.24. The van der Waals surface area contributed by atoms with Gasteiger partial charge in [-0.3, -0.25) is 0 Å². The summed E-state index contributed by atoms with van der Waals surface area (Å²) in [6.07, 6.45) is 2.10. The Morgan fingerprint density at radius 3 is 2.71 bits per heavy atom. The van der Waals surface area contributed by atoms with E-state index in [1.54, 1.807) is 0 Å². The summed E-state index contributed by atoms with van der Waals surface area (Å²) in [4.78, 5) is 10.7. The third-order valence-electron chi connectivity index (χ3n) is 2.77. The highest BCUT2D eigenvalue weighted by Crippen LogP contribution is 2.33. The molecule has 0 aliphatic heterocycles. The second-order valence-corrected chi connectivity index (χ2v) is 6.82. The summed E-state index contributed by atoms with van der Waals surface area (Å²) in [5.41, 5.74) is 0. The molecule has 1 aromatic rings. The van der Waals surface area contributed by atoms with Crippen LogP contribution in [0.5, 0.6) is 0 Å². The van der Waals surface area contributed by atoms with Crippen LogP contribution in [0.15, 0.2) is 16.3 Å². The van der Waals surface area contributed by atoms with Gasteiger partial charge in [-0.2, -0.15) is 0 Å². The predicted octanol–water partition coefficient (Wildman–Crippen LogP) is 1.52. The predicted molar refractivity (Wildman–Crippen MR) is 63.8 cm³/mol. The molecular formula is C10H13NO4S2. The van der Waals surface area contributed by atoms with E-state index in [2.05, 4.69) is 4.72 Å². The maximum atomic E-state index is 11.9. The number of aromatic carboxylic acids is 1. The summed E-state index contributed by atoms with van der Waals surface area (Å²) in [5, 5.41) is 10.1. The fraction of sp³-hybridized carbons (Fsp3) is 0.500. The molecule has 7 heteroatoms. The smallest absolute Gasteiger partial charge is 0.345 e. The van der Waals surface area contributed by atoms with Gasteiger partial charge in [-0.1, -0.05) is 0 Å². The van der Waals surface area contributed by atoms with Crippen molar-refractivity contribution in [3.8, 4) is 0 Å². The van der Waals surface area contributed by atoms with Gasteiger partial charge in [0.1, 0.15) is 4.88 Å². The lowest BCUT2D eigenvalue weighted by Crippen LogP contribution is -2.33. The van der Waals surface area contributed by atoms with Crippen molar-refractivity contribution >= 4 is 27.3 Å². The van der Waals surface area contributed by atoms with Gasteiger partial charge in [0.2, 0.25) is 10.0 Å². The molecule has 1 fully saturated rings. The van der Waals surface area contributed by atoms with Crippen molar-refractivity contribution in [1.29, 1.82) is 0 Å². The summed E-state index contributed by atoms with van der Waals surface area (Å²) in [6, 6.07) is 1.10. The van der Waals surface area contributed by atoms with Crippen molar-refractivity contribution in [3.05, 3.63) is 16.3 Å². The van der Waals surface area contributed by atoms with E-state index in [4.69, 9.17) is 5.11 Å². The summed E-state index contributed by atoms with van der Waals surface area (Å²) < 4.78 is 26.4. The zero-order valence-electron chi connectivity index (χ0n) is 9.21. The fourth-order valence-electron chi connectivity index (χ4n) is 1.58. The Balaban J connectivity index is 2.15. The standard InChI is InChI=1S/C10H13NO4S2/c1-6(7-2-3-7)11-17(14,15)8-4-9(10(12)13)16-5-8/h4-7,11H,2-3H2,1H3,(H,12,13). The molecular weight excluding hydrogens is 262 g/mol. The van der Waals surface area contributed by atoms with Crippen LogP contribution in [0.4, 0.5) is 0 Å². The molecule has 2 rings (SSSR count). The van der Waals surface area contributed by atoms with E-state index in [9.17, 15) is 13.2 Å². The fourth-order valence-corrected chi connectivity index (χ4v) is 4.00. The normalized spacial score (nSPS) is 17.9. The summed E-state index contributed by atoms with van der Waals surface area (Å²) in [7, 11) is -3.58. The lowest BCUT2D eigenvalue weighted by Gasteiger charge is -2.11. The third-order valence-corrected chi connectivity index (χ3v) is 5.37. The number of thiophene rings is 1. The monoisotopic (exact) mass is 275 g/mol. The zero-order chi connectivity index (χ0) is 12.6. The second kappa shape index (κ2) is 4.40. The number of carbonyl (C=O) groups is 1. The van der Waals surface area contributed by atoms with Crippen LogP contribution in [0.3, 0.4) is 0 Å². The van der Waals surface area contributed by atoms with Crippen molar-refractivity contribution in [3.63, 3.8) is 0 Å². The molecule has 94 valence electrons. The van der Waals surface area contributed by atoms with E-state index in [0.717, 1.165) is 24.2 Å². The van der Waals surface area contributed by atoms with E-state index in [1.807, 2.05) is 6.92 Å². The Bertz CT molecular complexity index is 530. The number of carboxylic acid groups (broad SMARTS) is 1. The topological polar surface area (TPSA) is 83.5 Å². The molecule has 0 radical (unpaired) electrons. The van der Waals surface area contributed by atoms with Gasteiger partial charge in [0.05, 0.1) is 4.90 Å². The Morgan fingerprint density at radius 1 is 1.59 bits per heavy atom. The molecule has 1 aliphatic carbocycles. The van der Waals surface area contributed by atoms with Crippen molar-refractivity contribution in [2.45, 2.75) is 30.7 Å². The summed E-state index contributed by atoms with van der Waals surface area (Å²) in [5.74, 6) is -0.686. The number of sulfonamides is 1. The average Bonchev–Trinajstić information content (AvgIpc) is 2.93. The lowest BCUT2D eigenvalue weighted by molar-refractivity contribution is 0.0702. The van der Waals surface area contributed by atoms with E-state index in [-0.39, 0.29) is 15.8 Å². The van der Waals surface area contributed by atoms with Crippen LogP contribution in [0.2, 0.25) is 0 Å². The van der Waals surface area contributed by atoms with Gasteiger partial charge in [-0.15, -0.1) is 11.3 Å². The van der Waals surface area contributed by atoms with Gasteiger partial charge in [0.15, 0.2) is 0 Å². The van der Waals surface area contributed by atoms with E-state index in [1.165, 1.54) is 11.4 Å². The quantitative estimate of drug-likeness (QED) is 0.853. The SMILES string of the molecule is CC(NS(=O)(=O)c1csc(C(=O)O)c1)C1CC1. The second-order valence-electron chi connectivity index (χ2n) is 4.20. The van der Waals surface area contributed by atoms with Gasteiger partial charge in [0.25, 0.3) is 0 Å². The summed E-state index contributed by atoms with van der Waals surface area (Å²) >= 11 is 0.917. The highest BCUT2D eigenvalue weighted by molar-refractivity contribution is 7.89. The van der Waals surface area contributed by atoms with Gasteiger partial charge in [-0.25, -0.2) is 17.9 Å². The Kier molecular flexibility index (Phi) is 3.24. The number of hydrogen-bond donors (Lipinski definition) is 2. The number of rotatable bonds is 5. The first-order chi connectivity index (χ1) is 7.90. The van der Waals surface area contributed by atoms with E-state index >= 15 is 0 Å². The van der Waals surface area contributed by atoms with Crippen molar-refractivity contribution in [2.75, 3.05) is 0 Å². The molecule has 0 saturated heterocycles. The van der Waals surface area contributed by atoms with Crippen LogP contribution in [0, 0.1) is 5.92 Å². The number of nitrogens with one attached hydrogen (secondary N) is 1. The molecule has 1 aliphatic rings. The third kappa shape index (κ3) is 2.85. The van der Waals surface area contributed by atoms with Crippen LogP contribution in [-0.4, -0.2) is 25.5 Å². The molecule has 5 nitrogen and oxygen atoms in total. The maximum absolute atomic E-state index is 11.9. The molecule has 1 saturated carbocycles. The first-order valence-corrected chi connectivity index (χ1v) is 7.60. The zero-order valence-corrected chi connectivity index (χ0v) is 10.8. The van der Waals surface area contributed by atoms with Gasteiger partial charge in [0, 0.05) is 11.4 Å². The van der Waals surface area contributed by atoms with Gasteiger partial charge < -0.3 is 5.11 Å². The van der Waals surface area contributed by atoms with Crippen molar-refractivity contribution in [1.82, 2.24) is 4.72 Å². The Labute approximate surface area is 104 Å². The Hall–Kier alpha value is -0.920. The van der Waals surface area contributed by atoms with Crippen molar-refractivity contribution < 1.29 is 18.3 Å². The highest BCUT2D eigenvalue weighted by Gasteiger charge is 2.31. The molecule has 0 spiro atoms. The molecule has 2 N–H and O–H groups in total. The van der Waals surface area contributed by atoms with Crippen LogP contribution >= 0.6 is 11.3 Å². The largest absolute Gasteiger partial charge is 0.477 e. The number of carboxylic acids is 1. The lowest BCUT2D eigenvalue weighted by atomic mass is 10.2. The molecule has 1 unspecified atom stereocenters. The highest BCUT2D eigenvalue weighted by atomic mass is 32.2. The first kappa shape index (κ1) is 12.5. The van der Waals surface area contributed by atoms with E-state index in [0.29, 0.717) is 5.92 Å². The minimum Gasteiger partial charge on any atom is -0.477 e. The number of hydrogen-bond acceptors (Lipinski definition) is 4. The van der Waals surface area contributed by atoms with E-state index < -0.39 is 16.0 Å². The minimum atomic E-state index is -3.58. The van der Waals surface area contributed by atoms with Crippen LogP contribution in [0.25, 0.3) is 0 Å². The molecule has 0 bridgehead atoms. The molecule has 1 atom stereocenters. The van der Waals surface area contributed by atoms with Crippen LogP contribution in [0.1, 0.15) is 29.4 Å². The molecule has 1 aromatic heterocycles.